The Morgan fingerprint density at radius 1 is 0.857 bits per heavy atom. The minimum absolute atomic E-state index is 0.0939. The number of hydrogen-bond donors (Lipinski definition) is 8. The fourth-order valence-electron chi connectivity index (χ4n) is 8.72. The van der Waals surface area contributed by atoms with Crippen LogP contribution in [0.3, 0.4) is 0 Å². The summed E-state index contributed by atoms with van der Waals surface area (Å²) in [5.74, 6) is -4.57. The van der Waals surface area contributed by atoms with Crippen molar-refractivity contribution in [1.82, 2.24) is 25.3 Å². The topological polar surface area (TPSA) is 259 Å². The summed E-state index contributed by atoms with van der Waals surface area (Å²) in [5.41, 5.74) is 0.754. The maximum absolute atomic E-state index is 14.5. The van der Waals surface area contributed by atoms with E-state index in [2.05, 4.69) is 10.6 Å². The third-order valence-electron chi connectivity index (χ3n) is 12.6. The summed E-state index contributed by atoms with van der Waals surface area (Å²) in [6.07, 6.45) is -6.64. The number of hydrogen-bond acceptors (Lipinski definition) is 13. The van der Waals surface area contributed by atoms with E-state index in [-0.39, 0.29) is 43.0 Å². The Hall–Kier alpha value is -3.75. The average Bonchev–Trinajstić information content (AvgIpc) is 3.73. The number of amides is 4. The molecule has 0 radical (unpaired) electrons. The van der Waals surface area contributed by atoms with Crippen LogP contribution in [0.15, 0.2) is 30.3 Å². The van der Waals surface area contributed by atoms with Gasteiger partial charge in [-0.25, -0.2) is 4.79 Å². The third-order valence-corrected chi connectivity index (χ3v) is 12.6. The number of rotatable bonds is 27. The molecular weight excluding hydrogens is 819 g/mol. The van der Waals surface area contributed by atoms with Gasteiger partial charge < -0.3 is 60.5 Å². The van der Waals surface area contributed by atoms with E-state index in [1.807, 2.05) is 19.9 Å². The highest BCUT2D eigenvalue weighted by atomic mass is 16.5. The zero-order valence-corrected chi connectivity index (χ0v) is 39.1. The molecular formula is C45H77N5O13. The van der Waals surface area contributed by atoms with Crippen molar-refractivity contribution in [1.29, 1.82) is 0 Å². The standard InChI is InChI=1S/C45H77N5O13/c1-12-27(6)38(49(9)44(59)36(25(2)3)47-43(58)37(26(4)5)48(8)23-32(52)39(55)40(56)33(53)24-51)34(62-10)22-35(54)50-20-16-19-31(50)41(63-11)28(7)42(57)46-30(45(60)61)21-29-17-14-13-15-18-29/h13-15,17-18,25-28,30-34,36-41,51-53,55-56H,12,16,19-24H2,1-11H3,(H,46,57)(H,47,58)(H,60,61). The number of likely N-dealkylation sites (N-methyl/N-ethyl adjacent to an activating group) is 2. The molecule has 18 nitrogen and oxygen atoms in total. The molecule has 1 aromatic carbocycles. The summed E-state index contributed by atoms with van der Waals surface area (Å²) in [7, 11) is 6.10. The number of likely N-dealkylation sites (tertiary alicyclic amines) is 1. The molecule has 1 fully saturated rings. The van der Waals surface area contributed by atoms with Crippen molar-refractivity contribution in [3.05, 3.63) is 35.9 Å². The molecule has 63 heavy (non-hydrogen) atoms. The molecule has 0 saturated carbocycles. The van der Waals surface area contributed by atoms with Crippen molar-refractivity contribution in [3.8, 4) is 0 Å². The molecule has 18 heteroatoms. The van der Waals surface area contributed by atoms with E-state index in [4.69, 9.17) is 14.6 Å². The Balaban J connectivity index is 2.29. The van der Waals surface area contributed by atoms with E-state index in [9.17, 15) is 49.5 Å². The van der Waals surface area contributed by atoms with Gasteiger partial charge in [0, 0.05) is 40.8 Å². The fraction of sp³-hybridized carbons (Fsp3) is 0.756. The van der Waals surface area contributed by atoms with Crippen LogP contribution >= 0.6 is 0 Å². The highest BCUT2D eigenvalue weighted by Crippen LogP contribution is 2.30. The second-order valence-corrected chi connectivity index (χ2v) is 17.8. The summed E-state index contributed by atoms with van der Waals surface area (Å²) in [4.78, 5) is 73.1. The van der Waals surface area contributed by atoms with Crippen molar-refractivity contribution in [3.63, 3.8) is 0 Å². The minimum atomic E-state index is -1.83. The lowest BCUT2D eigenvalue weighted by Crippen LogP contribution is -2.60. The Kier molecular flexibility index (Phi) is 23.1. The maximum Gasteiger partial charge on any atom is 0.326 e. The van der Waals surface area contributed by atoms with Gasteiger partial charge in [-0.1, -0.05) is 85.2 Å². The van der Waals surface area contributed by atoms with Crippen molar-refractivity contribution in [2.24, 2.45) is 23.7 Å². The number of ether oxygens (including phenoxy) is 2. The van der Waals surface area contributed by atoms with Gasteiger partial charge in [0.1, 0.15) is 30.4 Å². The summed E-state index contributed by atoms with van der Waals surface area (Å²) in [6, 6.07) is 4.80. The molecule has 1 aromatic rings. The SMILES string of the molecule is CCC(C)C(C(CC(=O)N1CCCC1C(OC)C(C)C(=O)NC(Cc1ccccc1)C(=O)O)OC)N(C)C(=O)C(NC(=O)C(C(C)C)N(C)CC(O)C(O)C(O)C(O)CO)C(C)C. The van der Waals surface area contributed by atoms with Gasteiger partial charge >= 0.3 is 5.97 Å². The zero-order chi connectivity index (χ0) is 47.9. The lowest BCUT2D eigenvalue weighted by atomic mass is 9.89. The highest BCUT2D eigenvalue weighted by molar-refractivity contribution is 5.90. The molecule has 0 spiro atoms. The first-order valence-electron chi connectivity index (χ1n) is 22.1. The quantitative estimate of drug-likeness (QED) is 0.0590. The number of carbonyl (C=O) groups is 5. The van der Waals surface area contributed by atoms with Gasteiger partial charge in [0.25, 0.3) is 0 Å². The summed E-state index contributed by atoms with van der Waals surface area (Å²) in [5, 5.41) is 65.5. The minimum Gasteiger partial charge on any atom is -0.480 e. The Morgan fingerprint density at radius 2 is 1.46 bits per heavy atom. The molecule has 0 aliphatic carbocycles. The summed E-state index contributed by atoms with van der Waals surface area (Å²) < 4.78 is 11.9. The molecule has 1 saturated heterocycles. The van der Waals surface area contributed by atoms with E-state index in [1.165, 1.54) is 24.0 Å². The van der Waals surface area contributed by atoms with E-state index in [0.717, 1.165) is 5.56 Å². The normalized spacial score (nSPS) is 20.2. The van der Waals surface area contributed by atoms with E-state index >= 15 is 0 Å². The predicted octanol–water partition coefficient (Wildman–Crippen LogP) is 0.252. The van der Waals surface area contributed by atoms with Crippen molar-refractivity contribution in [2.45, 2.75) is 147 Å². The Morgan fingerprint density at radius 3 is 1.97 bits per heavy atom. The van der Waals surface area contributed by atoms with E-state index in [1.54, 1.807) is 77.9 Å². The molecule has 8 N–H and O–H groups in total. The highest BCUT2D eigenvalue weighted by Gasteiger charge is 2.44. The first-order valence-corrected chi connectivity index (χ1v) is 22.1. The summed E-state index contributed by atoms with van der Waals surface area (Å²) in [6.45, 7) is 12.0. The molecule has 2 rings (SSSR count). The fourth-order valence-corrected chi connectivity index (χ4v) is 8.72. The van der Waals surface area contributed by atoms with Gasteiger partial charge in [-0.05, 0) is 43.2 Å². The lowest BCUT2D eigenvalue weighted by Gasteiger charge is -2.41. The number of aliphatic hydroxyl groups is 5. The van der Waals surface area contributed by atoms with Crippen LogP contribution in [0.1, 0.15) is 79.7 Å². The van der Waals surface area contributed by atoms with Crippen molar-refractivity contribution < 1.29 is 64.1 Å². The van der Waals surface area contributed by atoms with Gasteiger partial charge in [-0.3, -0.25) is 24.1 Å². The average molecular weight is 896 g/mol. The molecule has 1 aliphatic rings. The van der Waals surface area contributed by atoms with Gasteiger partial charge in [-0.2, -0.15) is 0 Å². The molecule has 0 bridgehead atoms. The number of nitrogens with one attached hydrogen (secondary N) is 2. The molecule has 1 aliphatic heterocycles. The van der Waals surface area contributed by atoms with Crippen LogP contribution in [-0.2, 0) is 39.9 Å². The number of carboxylic acid groups (broad SMARTS) is 1. The monoisotopic (exact) mass is 896 g/mol. The number of aliphatic carboxylic acids is 1. The first-order chi connectivity index (χ1) is 29.6. The van der Waals surface area contributed by atoms with Crippen LogP contribution in [0.5, 0.6) is 0 Å². The molecule has 4 amide bonds. The number of methoxy groups -OCH3 is 2. The maximum atomic E-state index is 14.5. The van der Waals surface area contributed by atoms with Crippen LogP contribution in [0.4, 0.5) is 0 Å². The molecule has 13 atom stereocenters. The number of carbonyl (C=O) groups excluding carboxylic acids is 4. The van der Waals surface area contributed by atoms with Crippen molar-refractivity contribution >= 4 is 29.6 Å². The number of nitrogens with zero attached hydrogens (tertiary/aromatic N) is 3. The second-order valence-electron chi connectivity index (χ2n) is 17.8. The zero-order valence-electron chi connectivity index (χ0n) is 39.1. The van der Waals surface area contributed by atoms with Crippen LogP contribution < -0.4 is 10.6 Å². The van der Waals surface area contributed by atoms with E-state index in [0.29, 0.717) is 25.8 Å². The van der Waals surface area contributed by atoms with Crippen molar-refractivity contribution in [2.75, 3.05) is 48.0 Å². The number of carboxylic acids is 1. The molecule has 360 valence electrons. The van der Waals surface area contributed by atoms with Crippen LogP contribution in [0, 0.1) is 23.7 Å². The van der Waals surface area contributed by atoms with Crippen LogP contribution in [-0.4, -0.2) is 190 Å². The smallest absolute Gasteiger partial charge is 0.326 e. The predicted molar refractivity (Wildman–Crippen MR) is 235 cm³/mol. The van der Waals surface area contributed by atoms with Gasteiger partial charge in [0.05, 0.1) is 55.4 Å². The number of aliphatic hydroxyl groups excluding tert-OH is 5. The van der Waals surface area contributed by atoms with Gasteiger partial charge in [-0.15, -0.1) is 0 Å². The van der Waals surface area contributed by atoms with E-state index < -0.39 is 103 Å². The Bertz CT molecular complexity index is 1590. The first kappa shape index (κ1) is 55.4. The third kappa shape index (κ3) is 15.2. The second kappa shape index (κ2) is 26.3. The van der Waals surface area contributed by atoms with Gasteiger partial charge in [0.15, 0.2) is 0 Å². The molecule has 0 aromatic heterocycles. The van der Waals surface area contributed by atoms with Crippen LogP contribution in [0.2, 0.25) is 0 Å². The van der Waals surface area contributed by atoms with Crippen LogP contribution in [0.25, 0.3) is 0 Å². The number of benzene rings is 1. The largest absolute Gasteiger partial charge is 0.480 e. The van der Waals surface area contributed by atoms with Gasteiger partial charge in [0.2, 0.25) is 23.6 Å². The lowest BCUT2D eigenvalue weighted by molar-refractivity contribution is -0.148. The summed E-state index contributed by atoms with van der Waals surface area (Å²) >= 11 is 0. The molecule has 13 unspecified atom stereocenters. The Labute approximate surface area is 373 Å². The molecule has 1 heterocycles.